The predicted octanol–water partition coefficient (Wildman–Crippen LogP) is 4.68. The number of rotatable bonds is 5. The molecule has 0 saturated carbocycles. The minimum absolute atomic E-state index is 0.188. The van der Waals surface area contributed by atoms with Gasteiger partial charge in [-0.05, 0) is 31.5 Å². The Balaban J connectivity index is 2.12. The molecule has 112 valence electrons. The summed E-state index contributed by atoms with van der Waals surface area (Å²) >= 11 is 0. The van der Waals surface area contributed by atoms with Gasteiger partial charge in [0.2, 0.25) is 0 Å². The van der Waals surface area contributed by atoms with Gasteiger partial charge >= 0.3 is 0 Å². The first-order chi connectivity index (χ1) is 10.0. The van der Waals surface area contributed by atoms with E-state index in [0.717, 1.165) is 23.4 Å². The quantitative estimate of drug-likeness (QED) is 0.809. The number of nitrogens with one attached hydrogen (secondary N) is 1. The van der Waals surface area contributed by atoms with Crippen LogP contribution in [0.2, 0.25) is 0 Å². The molecule has 0 aliphatic rings. The summed E-state index contributed by atoms with van der Waals surface area (Å²) in [7, 11) is 0. The Labute approximate surface area is 121 Å². The number of anilines is 1. The molecule has 1 atom stereocenters. The Hall–Kier alpha value is -2.17. The summed E-state index contributed by atoms with van der Waals surface area (Å²) in [4.78, 5) is 0. The molecule has 5 heteroatoms. The second-order valence-electron chi connectivity index (χ2n) is 4.62. The lowest BCUT2D eigenvalue weighted by molar-refractivity contribution is 0.340. The third kappa shape index (κ3) is 3.68. The van der Waals surface area contributed by atoms with E-state index in [1.165, 1.54) is 0 Å². The summed E-state index contributed by atoms with van der Waals surface area (Å²) in [5.41, 5.74) is 1.11. The molecule has 0 aromatic heterocycles. The normalized spacial score (nSPS) is 12.0. The van der Waals surface area contributed by atoms with Crippen LogP contribution in [0.25, 0.3) is 0 Å². The second kappa shape index (κ2) is 6.52. The van der Waals surface area contributed by atoms with Crippen molar-refractivity contribution in [1.29, 1.82) is 0 Å². The number of hydrogen-bond acceptors (Lipinski definition) is 2. The van der Waals surface area contributed by atoms with E-state index < -0.39 is 17.5 Å². The Morgan fingerprint density at radius 1 is 1.05 bits per heavy atom. The van der Waals surface area contributed by atoms with Crippen LogP contribution in [0.5, 0.6) is 5.75 Å². The highest BCUT2D eigenvalue weighted by Gasteiger charge is 2.12. The summed E-state index contributed by atoms with van der Waals surface area (Å²) in [6, 6.07) is 9.04. The van der Waals surface area contributed by atoms with Gasteiger partial charge < -0.3 is 10.1 Å². The van der Waals surface area contributed by atoms with E-state index in [0.29, 0.717) is 6.61 Å². The van der Waals surface area contributed by atoms with Crippen LogP contribution in [-0.4, -0.2) is 6.61 Å². The zero-order valence-electron chi connectivity index (χ0n) is 11.8. The first-order valence-electron chi connectivity index (χ1n) is 6.65. The molecule has 0 saturated heterocycles. The topological polar surface area (TPSA) is 21.3 Å². The number of halogens is 3. The van der Waals surface area contributed by atoms with Crippen LogP contribution < -0.4 is 10.1 Å². The zero-order chi connectivity index (χ0) is 15.4. The van der Waals surface area contributed by atoms with Crippen molar-refractivity contribution < 1.29 is 17.9 Å². The largest absolute Gasteiger partial charge is 0.494 e. The Bertz CT molecular complexity index is 590. The maximum absolute atomic E-state index is 13.2. The van der Waals surface area contributed by atoms with Gasteiger partial charge in [-0.25, -0.2) is 13.2 Å². The van der Waals surface area contributed by atoms with Crippen LogP contribution in [-0.2, 0) is 0 Å². The average molecular weight is 295 g/mol. The van der Waals surface area contributed by atoms with Crippen LogP contribution in [0.15, 0.2) is 36.4 Å². The van der Waals surface area contributed by atoms with Crippen LogP contribution in [0.3, 0.4) is 0 Å². The lowest BCUT2D eigenvalue weighted by atomic mass is 10.1. The molecule has 1 unspecified atom stereocenters. The fourth-order valence-electron chi connectivity index (χ4n) is 1.99. The van der Waals surface area contributed by atoms with Crippen molar-refractivity contribution in [1.82, 2.24) is 0 Å². The fourth-order valence-corrected chi connectivity index (χ4v) is 1.99. The molecule has 2 aromatic rings. The molecule has 2 aromatic carbocycles. The highest BCUT2D eigenvalue weighted by atomic mass is 19.2. The predicted molar refractivity (Wildman–Crippen MR) is 76.0 cm³/mol. The monoisotopic (exact) mass is 295 g/mol. The molecule has 2 nitrogen and oxygen atoms in total. The van der Waals surface area contributed by atoms with E-state index in [2.05, 4.69) is 5.32 Å². The van der Waals surface area contributed by atoms with Gasteiger partial charge in [0.15, 0.2) is 17.5 Å². The van der Waals surface area contributed by atoms with E-state index in [4.69, 9.17) is 4.74 Å². The molecular formula is C16H16F3NO. The van der Waals surface area contributed by atoms with Crippen LogP contribution in [0, 0.1) is 17.5 Å². The summed E-state index contributed by atoms with van der Waals surface area (Å²) in [6.07, 6.45) is 0. The highest BCUT2D eigenvalue weighted by Crippen LogP contribution is 2.24. The summed E-state index contributed by atoms with van der Waals surface area (Å²) in [5.74, 6) is -3.13. The molecule has 0 aliphatic heterocycles. The van der Waals surface area contributed by atoms with Crippen molar-refractivity contribution in [3.63, 3.8) is 0 Å². The van der Waals surface area contributed by atoms with Crippen LogP contribution in [0.1, 0.15) is 25.5 Å². The number of hydrogen-bond donors (Lipinski definition) is 1. The van der Waals surface area contributed by atoms with Gasteiger partial charge in [0.25, 0.3) is 0 Å². The molecule has 0 radical (unpaired) electrons. The van der Waals surface area contributed by atoms with E-state index >= 15 is 0 Å². The van der Waals surface area contributed by atoms with Crippen molar-refractivity contribution in [2.24, 2.45) is 0 Å². The molecule has 0 aliphatic carbocycles. The number of benzene rings is 2. The molecule has 0 spiro atoms. The van der Waals surface area contributed by atoms with Crippen molar-refractivity contribution >= 4 is 5.69 Å². The Morgan fingerprint density at radius 3 is 2.14 bits per heavy atom. The van der Waals surface area contributed by atoms with Crippen LogP contribution >= 0.6 is 0 Å². The van der Waals surface area contributed by atoms with E-state index in [-0.39, 0.29) is 11.7 Å². The van der Waals surface area contributed by atoms with Gasteiger partial charge in [-0.1, -0.05) is 12.1 Å². The number of ether oxygens (including phenoxy) is 1. The van der Waals surface area contributed by atoms with Gasteiger partial charge in [-0.3, -0.25) is 0 Å². The Kier molecular flexibility index (Phi) is 4.73. The van der Waals surface area contributed by atoms with E-state index in [1.807, 2.05) is 38.1 Å². The minimum Gasteiger partial charge on any atom is -0.494 e. The molecular weight excluding hydrogens is 279 g/mol. The first kappa shape index (κ1) is 15.2. The third-order valence-corrected chi connectivity index (χ3v) is 3.06. The molecule has 0 bridgehead atoms. The van der Waals surface area contributed by atoms with E-state index in [1.54, 1.807) is 0 Å². The maximum Gasteiger partial charge on any atom is 0.194 e. The van der Waals surface area contributed by atoms with E-state index in [9.17, 15) is 13.2 Å². The van der Waals surface area contributed by atoms with Crippen LogP contribution in [0.4, 0.5) is 18.9 Å². The smallest absolute Gasteiger partial charge is 0.194 e. The first-order valence-corrected chi connectivity index (χ1v) is 6.65. The SMILES string of the molecule is CCOc1ccc(C(C)Nc2cc(F)c(F)c(F)c2)cc1. The molecule has 0 fully saturated rings. The molecule has 1 N–H and O–H groups in total. The maximum atomic E-state index is 13.2. The van der Waals surface area contributed by atoms with Gasteiger partial charge in [0, 0.05) is 23.9 Å². The van der Waals surface area contributed by atoms with Gasteiger partial charge in [0.1, 0.15) is 5.75 Å². The van der Waals surface area contributed by atoms with Crippen molar-refractivity contribution in [2.75, 3.05) is 11.9 Å². The summed E-state index contributed by atoms with van der Waals surface area (Å²) in [5, 5.41) is 2.93. The molecule has 2 rings (SSSR count). The lowest BCUT2D eigenvalue weighted by Gasteiger charge is -2.16. The summed E-state index contributed by atoms with van der Waals surface area (Å²) < 4.78 is 44.6. The Morgan fingerprint density at radius 2 is 1.62 bits per heavy atom. The standard InChI is InChI=1S/C16H16F3NO/c1-3-21-13-6-4-11(5-7-13)10(2)20-12-8-14(17)16(19)15(18)9-12/h4-10,20H,3H2,1-2H3. The minimum atomic E-state index is -1.46. The van der Waals surface area contributed by atoms with Gasteiger partial charge in [-0.15, -0.1) is 0 Å². The van der Waals surface area contributed by atoms with Crippen molar-refractivity contribution in [3.05, 3.63) is 59.4 Å². The zero-order valence-corrected chi connectivity index (χ0v) is 11.8. The van der Waals surface area contributed by atoms with Crippen molar-refractivity contribution in [2.45, 2.75) is 19.9 Å². The van der Waals surface area contributed by atoms with Crippen molar-refractivity contribution in [3.8, 4) is 5.75 Å². The average Bonchev–Trinajstić information content (AvgIpc) is 2.45. The highest BCUT2D eigenvalue weighted by molar-refractivity contribution is 5.46. The summed E-state index contributed by atoms with van der Waals surface area (Å²) in [6.45, 7) is 4.33. The van der Waals surface area contributed by atoms with Gasteiger partial charge in [-0.2, -0.15) is 0 Å². The second-order valence-corrected chi connectivity index (χ2v) is 4.62. The third-order valence-electron chi connectivity index (χ3n) is 3.06. The molecule has 0 heterocycles. The van der Waals surface area contributed by atoms with Gasteiger partial charge in [0.05, 0.1) is 6.61 Å². The fraction of sp³-hybridized carbons (Fsp3) is 0.250. The lowest BCUT2D eigenvalue weighted by Crippen LogP contribution is -2.08. The molecule has 21 heavy (non-hydrogen) atoms. The molecule has 0 amide bonds.